The molecule has 3 heteroatoms. The quantitative estimate of drug-likeness (QED) is 0.490. The van der Waals surface area contributed by atoms with Gasteiger partial charge in [-0.2, -0.15) is 0 Å². The van der Waals surface area contributed by atoms with Gasteiger partial charge in [-0.3, -0.25) is 4.79 Å². The maximum Gasteiger partial charge on any atom is 0.255 e. The minimum absolute atomic E-state index is 0.104. The van der Waals surface area contributed by atoms with E-state index >= 15 is 0 Å². The number of amides is 1. The summed E-state index contributed by atoms with van der Waals surface area (Å²) in [6, 6.07) is 23.8. The molecule has 0 aliphatic carbocycles. The van der Waals surface area contributed by atoms with Crippen molar-refractivity contribution in [1.82, 2.24) is 0 Å². The van der Waals surface area contributed by atoms with Crippen LogP contribution in [0.2, 0.25) is 0 Å². The molecule has 0 saturated carbocycles. The number of aryl methyl sites for hydroxylation is 2. The number of nitrogens with one attached hydrogen (secondary N) is 2. The van der Waals surface area contributed by atoms with Crippen molar-refractivity contribution in [2.45, 2.75) is 34.1 Å². The molecule has 1 amide bonds. The second kappa shape index (κ2) is 9.24. The summed E-state index contributed by atoms with van der Waals surface area (Å²) in [6.45, 7) is 8.47. The number of anilines is 2. The first kappa shape index (κ1) is 20.4. The summed E-state index contributed by atoms with van der Waals surface area (Å²) < 4.78 is 0. The molecule has 3 rings (SSSR count). The molecule has 0 aliphatic heterocycles. The molecule has 0 radical (unpaired) electrons. The zero-order valence-corrected chi connectivity index (χ0v) is 17.5. The predicted molar refractivity (Wildman–Crippen MR) is 123 cm³/mol. The average molecular weight is 385 g/mol. The van der Waals surface area contributed by atoms with Gasteiger partial charge >= 0.3 is 0 Å². The molecule has 0 fully saturated rings. The second-order valence-electron chi connectivity index (χ2n) is 7.35. The summed E-state index contributed by atoms with van der Waals surface area (Å²) in [5.41, 5.74) is 8.40. The fourth-order valence-corrected chi connectivity index (χ4v) is 3.13. The van der Waals surface area contributed by atoms with E-state index in [2.05, 4.69) is 62.6 Å². The highest BCUT2D eigenvalue weighted by atomic mass is 16.1. The van der Waals surface area contributed by atoms with Crippen LogP contribution in [0.15, 0.2) is 78.4 Å². The molecular formula is C26H28N2O. The molecular weight excluding hydrogens is 356 g/mol. The monoisotopic (exact) mass is 384 g/mol. The van der Waals surface area contributed by atoms with Crippen LogP contribution in [0.4, 0.5) is 11.4 Å². The third-order valence-corrected chi connectivity index (χ3v) is 5.08. The lowest BCUT2D eigenvalue weighted by Crippen LogP contribution is -2.12. The van der Waals surface area contributed by atoms with Crippen molar-refractivity contribution in [3.05, 3.63) is 101 Å². The molecule has 3 aromatic rings. The van der Waals surface area contributed by atoms with Crippen LogP contribution in [0, 0.1) is 13.8 Å². The van der Waals surface area contributed by atoms with E-state index in [1.165, 1.54) is 16.7 Å². The topological polar surface area (TPSA) is 41.1 Å². The summed E-state index contributed by atoms with van der Waals surface area (Å²) in [5.74, 6) is -0.104. The fourth-order valence-electron chi connectivity index (χ4n) is 3.13. The predicted octanol–water partition coefficient (Wildman–Crippen LogP) is 6.81. The van der Waals surface area contributed by atoms with E-state index in [0.717, 1.165) is 29.1 Å². The fraction of sp³-hybridized carbons (Fsp3) is 0.192. The van der Waals surface area contributed by atoms with Crippen LogP contribution >= 0.6 is 0 Å². The lowest BCUT2D eigenvalue weighted by molar-refractivity contribution is 0.102. The standard InChI is InChI=1S/C26H28N2O/c1-5-19(3)25(21-13-11-18(2)12-14-21)28-24-16-15-23(17-20(24)4)27-26(29)22-9-7-6-8-10-22/h6-17,28H,5H2,1-4H3,(H,27,29). The van der Waals surface area contributed by atoms with Gasteiger partial charge in [0.25, 0.3) is 5.91 Å². The lowest BCUT2D eigenvalue weighted by Gasteiger charge is -2.18. The maximum absolute atomic E-state index is 12.4. The molecule has 2 N–H and O–H groups in total. The minimum atomic E-state index is -0.104. The third-order valence-electron chi connectivity index (χ3n) is 5.08. The zero-order valence-electron chi connectivity index (χ0n) is 17.5. The number of hydrogen-bond donors (Lipinski definition) is 2. The van der Waals surface area contributed by atoms with Crippen molar-refractivity contribution in [3.63, 3.8) is 0 Å². The SMILES string of the molecule is CCC(C)=C(Nc1ccc(NC(=O)c2ccccc2)cc1C)c1ccc(C)cc1. The van der Waals surface area contributed by atoms with Gasteiger partial charge in [-0.25, -0.2) is 0 Å². The Morgan fingerprint density at radius 1 is 0.828 bits per heavy atom. The average Bonchev–Trinajstić information content (AvgIpc) is 2.74. The van der Waals surface area contributed by atoms with E-state index in [-0.39, 0.29) is 5.91 Å². The molecule has 0 bridgehead atoms. The van der Waals surface area contributed by atoms with Crippen LogP contribution in [0.25, 0.3) is 5.70 Å². The van der Waals surface area contributed by atoms with Gasteiger partial charge in [-0.1, -0.05) is 55.0 Å². The Morgan fingerprint density at radius 3 is 2.14 bits per heavy atom. The molecule has 0 unspecified atom stereocenters. The smallest absolute Gasteiger partial charge is 0.255 e. The van der Waals surface area contributed by atoms with E-state index < -0.39 is 0 Å². The molecule has 0 aromatic heterocycles. The van der Waals surface area contributed by atoms with Gasteiger partial charge in [-0.15, -0.1) is 0 Å². The van der Waals surface area contributed by atoms with Crippen LogP contribution in [0.3, 0.4) is 0 Å². The van der Waals surface area contributed by atoms with Gasteiger partial charge in [0.1, 0.15) is 0 Å². The number of carbonyl (C=O) groups is 1. The summed E-state index contributed by atoms with van der Waals surface area (Å²) >= 11 is 0. The normalized spacial score (nSPS) is 11.6. The van der Waals surface area contributed by atoms with E-state index in [1.807, 2.05) is 48.5 Å². The van der Waals surface area contributed by atoms with E-state index in [1.54, 1.807) is 0 Å². The first-order valence-electron chi connectivity index (χ1n) is 9.98. The van der Waals surface area contributed by atoms with Crippen molar-refractivity contribution >= 4 is 23.0 Å². The van der Waals surface area contributed by atoms with Crippen molar-refractivity contribution in [2.24, 2.45) is 0 Å². The van der Waals surface area contributed by atoms with Crippen LogP contribution in [-0.4, -0.2) is 5.91 Å². The molecule has 0 spiro atoms. The van der Waals surface area contributed by atoms with E-state index in [4.69, 9.17) is 0 Å². The highest BCUT2D eigenvalue weighted by Crippen LogP contribution is 2.27. The molecule has 0 heterocycles. The highest BCUT2D eigenvalue weighted by Gasteiger charge is 2.10. The number of benzene rings is 3. The van der Waals surface area contributed by atoms with Crippen molar-refractivity contribution in [3.8, 4) is 0 Å². The maximum atomic E-state index is 12.4. The molecule has 3 nitrogen and oxygen atoms in total. The van der Waals surface area contributed by atoms with Gasteiger partial charge in [0.15, 0.2) is 0 Å². The van der Waals surface area contributed by atoms with Crippen molar-refractivity contribution in [2.75, 3.05) is 10.6 Å². The highest BCUT2D eigenvalue weighted by molar-refractivity contribution is 6.04. The Bertz CT molecular complexity index is 1020. The van der Waals surface area contributed by atoms with Gasteiger partial charge < -0.3 is 10.6 Å². The largest absolute Gasteiger partial charge is 0.355 e. The first-order valence-corrected chi connectivity index (χ1v) is 9.98. The van der Waals surface area contributed by atoms with Gasteiger partial charge in [0.05, 0.1) is 0 Å². The summed E-state index contributed by atoms with van der Waals surface area (Å²) in [7, 11) is 0. The Kier molecular flexibility index (Phi) is 6.50. The number of hydrogen-bond acceptors (Lipinski definition) is 2. The number of rotatable bonds is 6. The van der Waals surface area contributed by atoms with E-state index in [9.17, 15) is 4.79 Å². The number of carbonyl (C=O) groups excluding carboxylic acids is 1. The molecule has 0 saturated heterocycles. The molecule has 148 valence electrons. The van der Waals surface area contributed by atoms with Crippen LogP contribution < -0.4 is 10.6 Å². The Balaban J connectivity index is 1.82. The van der Waals surface area contributed by atoms with Gasteiger partial charge in [-0.05, 0) is 74.2 Å². The van der Waals surface area contributed by atoms with Crippen LogP contribution in [0.5, 0.6) is 0 Å². The van der Waals surface area contributed by atoms with Crippen molar-refractivity contribution < 1.29 is 4.79 Å². The van der Waals surface area contributed by atoms with Crippen molar-refractivity contribution in [1.29, 1.82) is 0 Å². The molecule has 3 aromatic carbocycles. The Morgan fingerprint density at radius 2 is 1.52 bits per heavy atom. The number of allylic oxidation sites excluding steroid dienone is 1. The summed E-state index contributed by atoms with van der Waals surface area (Å²) in [5, 5.41) is 6.59. The van der Waals surface area contributed by atoms with Gasteiger partial charge in [0, 0.05) is 22.6 Å². The zero-order chi connectivity index (χ0) is 20.8. The Hall–Kier alpha value is -3.33. The first-order chi connectivity index (χ1) is 14.0. The van der Waals surface area contributed by atoms with Crippen LogP contribution in [0.1, 0.15) is 47.3 Å². The minimum Gasteiger partial charge on any atom is -0.355 e. The summed E-state index contributed by atoms with van der Waals surface area (Å²) in [4.78, 5) is 12.4. The summed E-state index contributed by atoms with van der Waals surface area (Å²) in [6.07, 6.45) is 0.973. The third kappa shape index (κ3) is 5.14. The second-order valence-corrected chi connectivity index (χ2v) is 7.35. The molecule has 29 heavy (non-hydrogen) atoms. The Labute approximate surface area is 173 Å². The molecule has 0 aliphatic rings. The lowest BCUT2D eigenvalue weighted by atomic mass is 10.0. The molecule has 0 atom stereocenters. The van der Waals surface area contributed by atoms with Gasteiger partial charge in [0.2, 0.25) is 0 Å². The van der Waals surface area contributed by atoms with E-state index in [0.29, 0.717) is 5.56 Å². The van der Waals surface area contributed by atoms with Crippen LogP contribution in [-0.2, 0) is 0 Å².